The molecular formula is C24H24N2O4. The van der Waals surface area contributed by atoms with Gasteiger partial charge >= 0.3 is 0 Å². The maximum absolute atomic E-state index is 12.9. The van der Waals surface area contributed by atoms with Crippen molar-refractivity contribution in [1.82, 2.24) is 4.90 Å². The Morgan fingerprint density at radius 3 is 2.67 bits per heavy atom. The van der Waals surface area contributed by atoms with E-state index in [-0.39, 0.29) is 24.3 Å². The molecule has 2 aromatic carbocycles. The van der Waals surface area contributed by atoms with Gasteiger partial charge in [0.2, 0.25) is 11.8 Å². The number of nitrogens with one attached hydrogen (secondary N) is 1. The molecule has 1 aliphatic carbocycles. The fourth-order valence-electron chi connectivity index (χ4n) is 4.59. The van der Waals surface area contributed by atoms with Gasteiger partial charge in [-0.1, -0.05) is 24.3 Å². The molecule has 1 spiro atoms. The summed E-state index contributed by atoms with van der Waals surface area (Å²) in [5.74, 6) is 0.620. The van der Waals surface area contributed by atoms with E-state index in [1.165, 1.54) is 6.92 Å². The van der Waals surface area contributed by atoms with Crippen molar-refractivity contribution < 1.29 is 19.1 Å². The molecule has 6 heteroatoms. The van der Waals surface area contributed by atoms with Crippen molar-refractivity contribution in [2.75, 3.05) is 5.32 Å². The number of carbonyl (C=O) groups is 2. The zero-order valence-electron chi connectivity index (χ0n) is 16.9. The van der Waals surface area contributed by atoms with Crippen LogP contribution in [0.25, 0.3) is 6.08 Å². The van der Waals surface area contributed by atoms with Gasteiger partial charge in [0.1, 0.15) is 0 Å². The topological polar surface area (TPSA) is 67.9 Å². The van der Waals surface area contributed by atoms with E-state index in [2.05, 4.69) is 5.32 Å². The first-order valence-corrected chi connectivity index (χ1v) is 10.4. The third-order valence-corrected chi connectivity index (χ3v) is 6.03. The van der Waals surface area contributed by atoms with E-state index in [0.29, 0.717) is 11.4 Å². The number of anilines is 1. The van der Waals surface area contributed by atoms with Gasteiger partial charge in [-0.25, -0.2) is 0 Å². The standard InChI is InChI=1S/C24H24N2O4/c1-16(27)26-13-10-17-6-2-3-7-19(17)20(26)15-23(28)25-18-8-9-21-22(14-18)30-24(29-21)11-4-5-12-24/h2-3,6-10,13-14,20H,4-5,11-12,15H2,1H3,(H,25,28)/t20-/m1/s1. The molecule has 3 aliphatic rings. The lowest BCUT2D eigenvalue weighted by molar-refractivity contribution is -0.129. The Kier molecular flexibility index (Phi) is 4.50. The summed E-state index contributed by atoms with van der Waals surface area (Å²) in [5.41, 5.74) is 2.66. The van der Waals surface area contributed by atoms with Gasteiger partial charge in [0.25, 0.3) is 5.79 Å². The van der Waals surface area contributed by atoms with Crippen molar-refractivity contribution in [3.63, 3.8) is 0 Å². The monoisotopic (exact) mass is 404 g/mol. The van der Waals surface area contributed by atoms with Crippen molar-refractivity contribution in [3.05, 3.63) is 59.8 Å². The number of hydrogen-bond acceptors (Lipinski definition) is 4. The van der Waals surface area contributed by atoms with Crippen LogP contribution in [0.2, 0.25) is 0 Å². The summed E-state index contributed by atoms with van der Waals surface area (Å²) in [6.07, 6.45) is 7.80. The quantitative estimate of drug-likeness (QED) is 0.810. The molecule has 1 fully saturated rings. The van der Waals surface area contributed by atoms with Gasteiger partial charge in [0, 0.05) is 37.7 Å². The van der Waals surface area contributed by atoms with E-state index in [9.17, 15) is 9.59 Å². The molecule has 2 heterocycles. The number of ether oxygens (including phenoxy) is 2. The minimum absolute atomic E-state index is 0.0940. The number of nitrogens with zero attached hydrogens (tertiary/aromatic N) is 1. The Balaban J connectivity index is 1.32. The number of amides is 2. The Morgan fingerprint density at radius 1 is 1.10 bits per heavy atom. The molecule has 1 N–H and O–H groups in total. The fourth-order valence-corrected chi connectivity index (χ4v) is 4.59. The highest BCUT2D eigenvalue weighted by atomic mass is 16.7. The van der Waals surface area contributed by atoms with Crippen LogP contribution >= 0.6 is 0 Å². The predicted octanol–water partition coefficient (Wildman–Crippen LogP) is 4.63. The highest BCUT2D eigenvalue weighted by molar-refractivity contribution is 5.92. The lowest BCUT2D eigenvalue weighted by Gasteiger charge is -2.32. The molecule has 1 atom stereocenters. The maximum atomic E-state index is 12.9. The van der Waals surface area contributed by atoms with Gasteiger partial charge in [-0.3, -0.25) is 9.59 Å². The molecule has 0 bridgehead atoms. The molecule has 0 radical (unpaired) electrons. The first-order chi connectivity index (χ1) is 14.5. The molecule has 2 aromatic rings. The van der Waals surface area contributed by atoms with Crippen LogP contribution in [-0.4, -0.2) is 22.5 Å². The first-order valence-electron chi connectivity index (χ1n) is 10.4. The normalized spacial score (nSPS) is 20.3. The number of rotatable bonds is 3. The molecule has 0 aromatic heterocycles. The molecule has 2 amide bonds. The van der Waals surface area contributed by atoms with Crippen LogP contribution in [0.4, 0.5) is 5.69 Å². The van der Waals surface area contributed by atoms with Crippen LogP contribution in [0.5, 0.6) is 11.5 Å². The Bertz CT molecular complexity index is 1040. The van der Waals surface area contributed by atoms with Gasteiger partial charge in [0.15, 0.2) is 11.5 Å². The zero-order valence-corrected chi connectivity index (χ0v) is 16.9. The van der Waals surface area contributed by atoms with Crippen LogP contribution in [0.3, 0.4) is 0 Å². The second-order valence-corrected chi connectivity index (χ2v) is 8.12. The lowest BCUT2D eigenvalue weighted by Crippen LogP contribution is -2.34. The number of hydrogen-bond donors (Lipinski definition) is 1. The smallest absolute Gasteiger partial charge is 0.251 e. The Labute approximate surface area is 175 Å². The molecule has 0 unspecified atom stereocenters. The van der Waals surface area contributed by atoms with Crippen molar-refractivity contribution >= 4 is 23.6 Å². The van der Waals surface area contributed by atoms with Gasteiger partial charge < -0.3 is 19.7 Å². The summed E-state index contributed by atoms with van der Waals surface area (Å²) in [6.45, 7) is 1.51. The van der Waals surface area contributed by atoms with Crippen molar-refractivity contribution in [3.8, 4) is 11.5 Å². The Hall–Kier alpha value is -3.28. The van der Waals surface area contributed by atoms with Crippen LogP contribution in [0.15, 0.2) is 48.7 Å². The summed E-state index contributed by atoms with van der Waals surface area (Å²) in [5, 5.41) is 2.95. The molecule has 5 rings (SSSR count). The summed E-state index contributed by atoms with van der Waals surface area (Å²) >= 11 is 0. The van der Waals surface area contributed by atoms with E-state index in [4.69, 9.17) is 9.47 Å². The van der Waals surface area contributed by atoms with E-state index in [0.717, 1.165) is 42.6 Å². The van der Waals surface area contributed by atoms with E-state index in [1.54, 1.807) is 11.1 Å². The average molecular weight is 404 g/mol. The minimum atomic E-state index is -0.523. The second kappa shape index (κ2) is 7.20. The number of carbonyl (C=O) groups excluding carboxylic acids is 2. The minimum Gasteiger partial charge on any atom is -0.448 e. The number of benzene rings is 2. The molecule has 1 saturated carbocycles. The first kappa shape index (κ1) is 18.7. The highest BCUT2D eigenvalue weighted by Crippen LogP contribution is 2.47. The molecule has 30 heavy (non-hydrogen) atoms. The van der Waals surface area contributed by atoms with E-state index >= 15 is 0 Å². The summed E-state index contributed by atoms with van der Waals surface area (Å²) in [6, 6.07) is 13.0. The van der Waals surface area contributed by atoms with Crippen LogP contribution in [0.1, 0.15) is 56.2 Å². The van der Waals surface area contributed by atoms with Gasteiger partial charge in [0.05, 0.1) is 12.5 Å². The fraction of sp³-hybridized carbons (Fsp3) is 0.333. The van der Waals surface area contributed by atoms with E-state index < -0.39 is 5.79 Å². The van der Waals surface area contributed by atoms with Crippen molar-refractivity contribution in [2.45, 2.75) is 50.9 Å². The van der Waals surface area contributed by atoms with Crippen molar-refractivity contribution in [2.24, 2.45) is 0 Å². The highest BCUT2D eigenvalue weighted by Gasteiger charge is 2.44. The largest absolute Gasteiger partial charge is 0.448 e. The molecule has 2 aliphatic heterocycles. The lowest BCUT2D eigenvalue weighted by atomic mass is 9.93. The summed E-state index contributed by atoms with van der Waals surface area (Å²) < 4.78 is 12.1. The van der Waals surface area contributed by atoms with Gasteiger partial charge in [-0.15, -0.1) is 0 Å². The van der Waals surface area contributed by atoms with Gasteiger partial charge in [-0.05, 0) is 42.2 Å². The predicted molar refractivity (Wildman–Crippen MR) is 113 cm³/mol. The third kappa shape index (κ3) is 3.32. The summed E-state index contributed by atoms with van der Waals surface area (Å²) in [4.78, 5) is 26.6. The third-order valence-electron chi connectivity index (χ3n) is 6.03. The van der Waals surface area contributed by atoms with Crippen LogP contribution in [-0.2, 0) is 9.59 Å². The molecule has 6 nitrogen and oxygen atoms in total. The van der Waals surface area contributed by atoms with E-state index in [1.807, 2.05) is 48.5 Å². The van der Waals surface area contributed by atoms with Crippen molar-refractivity contribution in [1.29, 1.82) is 0 Å². The van der Waals surface area contributed by atoms with Crippen LogP contribution in [0, 0.1) is 0 Å². The SMILES string of the molecule is CC(=O)N1C=Cc2ccccc2[C@H]1CC(=O)Nc1ccc2c(c1)OC1(CCCC1)O2. The number of fused-ring (bicyclic) bond motifs is 2. The average Bonchev–Trinajstić information content (AvgIpc) is 3.33. The molecule has 0 saturated heterocycles. The molecular weight excluding hydrogens is 380 g/mol. The molecule has 154 valence electrons. The Morgan fingerprint density at radius 2 is 1.87 bits per heavy atom. The van der Waals surface area contributed by atoms with Crippen LogP contribution < -0.4 is 14.8 Å². The second-order valence-electron chi connectivity index (χ2n) is 8.12. The maximum Gasteiger partial charge on any atom is 0.251 e. The zero-order chi connectivity index (χ0) is 20.7. The van der Waals surface area contributed by atoms with Gasteiger partial charge in [-0.2, -0.15) is 0 Å². The summed E-state index contributed by atoms with van der Waals surface area (Å²) in [7, 11) is 0.